The third kappa shape index (κ3) is 3.30. The second kappa shape index (κ2) is 6.56. The molecule has 120 valence electrons. The predicted octanol–water partition coefficient (Wildman–Crippen LogP) is 4.26. The molecular formula is C16H12Cl2O5. The Hall–Kier alpha value is -2.11. The van der Waals surface area contributed by atoms with Gasteiger partial charge in [0.25, 0.3) is 0 Å². The molecule has 0 radical (unpaired) electrons. The standard InChI is InChI=1S/C8H5ClO3.C8H7ClO2/c9-6-1-5(3-10)2-7-8(6)12-4-11-7;1-5-2-6(9)8-7(3-5)10-4-11-8/h1-3H,4H2;2-3H,4H2,1H3. The average Bonchev–Trinajstić information content (AvgIpc) is 3.16. The first-order chi connectivity index (χ1) is 11.1. The SMILES string of the molecule is Cc1cc(Cl)c2c(c1)OCO2.O=Cc1cc(Cl)c2c(c1)OCO2. The highest BCUT2D eigenvalue weighted by molar-refractivity contribution is 6.32. The van der Waals surface area contributed by atoms with Crippen LogP contribution in [0.5, 0.6) is 23.0 Å². The lowest BCUT2D eigenvalue weighted by Gasteiger charge is -1.99. The minimum atomic E-state index is 0.164. The van der Waals surface area contributed by atoms with E-state index < -0.39 is 0 Å². The summed E-state index contributed by atoms with van der Waals surface area (Å²) in [5.74, 6) is 2.46. The van der Waals surface area contributed by atoms with Crippen molar-refractivity contribution in [3.05, 3.63) is 45.4 Å². The Morgan fingerprint density at radius 2 is 1.43 bits per heavy atom. The number of rotatable bonds is 1. The van der Waals surface area contributed by atoms with E-state index in [0.29, 0.717) is 39.1 Å². The maximum Gasteiger partial charge on any atom is 0.231 e. The summed E-state index contributed by atoms with van der Waals surface area (Å²) < 4.78 is 20.4. The molecule has 2 aliphatic heterocycles. The highest BCUT2D eigenvalue weighted by Crippen LogP contribution is 2.40. The van der Waals surface area contributed by atoms with Crippen LogP contribution in [-0.2, 0) is 0 Å². The van der Waals surface area contributed by atoms with Crippen LogP contribution < -0.4 is 18.9 Å². The molecule has 0 saturated carbocycles. The van der Waals surface area contributed by atoms with E-state index in [0.717, 1.165) is 11.3 Å². The van der Waals surface area contributed by atoms with Gasteiger partial charge < -0.3 is 18.9 Å². The van der Waals surface area contributed by atoms with Gasteiger partial charge in [0.15, 0.2) is 23.0 Å². The van der Waals surface area contributed by atoms with Crippen LogP contribution in [0.25, 0.3) is 0 Å². The summed E-state index contributed by atoms with van der Waals surface area (Å²) in [7, 11) is 0. The van der Waals surface area contributed by atoms with E-state index in [9.17, 15) is 4.79 Å². The predicted molar refractivity (Wildman–Crippen MR) is 85.3 cm³/mol. The quantitative estimate of drug-likeness (QED) is 0.716. The highest BCUT2D eigenvalue weighted by Gasteiger charge is 2.18. The number of carbonyl (C=O) groups is 1. The number of carbonyl (C=O) groups excluding carboxylic acids is 1. The van der Waals surface area contributed by atoms with Crippen molar-refractivity contribution >= 4 is 29.5 Å². The fourth-order valence-electron chi connectivity index (χ4n) is 2.15. The maximum atomic E-state index is 10.4. The zero-order valence-electron chi connectivity index (χ0n) is 12.1. The molecule has 4 rings (SSSR count). The van der Waals surface area contributed by atoms with Crippen LogP contribution in [0.2, 0.25) is 10.0 Å². The second-order valence-corrected chi connectivity index (χ2v) is 5.65. The van der Waals surface area contributed by atoms with E-state index in [1.165, 1.54) is 0 Å². The molecule has 0 spiro atoms. The molecule has 5 nitrogen and oxygen atoms in total. The van der Waals surface area contributed by atoms with E-state index in [-0.39, 0.29) is 13.6 Å². The van der Waals surface area contributed by atoms with Crippen molar-refractivity contribution < 1.29 is 23.7 Å². The molecule has 2 aromatic rings. The zero-order valence-corrected chi connectivity index (χ0v) is 13.6. The number of halogens is 2. The van der Waals surface area contributed by atoms with Crippen molar-refractivity contribution in [1.29, 1.82) is 0 Å². The Labute approximate surface area is 142 Å². The fraction of sp³-hybridized carbons (Fsp3) is 0.188. The minimum Gasteiger partial charge on any atom is -0.454 e. The van der Waals surface area contributed by atoms with E-state index >= 15 is 0 Å². The first-order valence-electron chi connectivity index (χ1n) is 6.68. The van der Waals surface area contributed by atoms with Crippen LogP contribution in [0.4, 0.5) is 0 Å². The highest BCUT2D eigenvalue weighted by atomic mass is 35.5. The summed E-state index contributed by atoms with van der Waals surface area (Å²) in [6, 6.07) is 6.91. The average molecular weight is 355 g/mol. The largest absolute Gasteiger partial charge is 0.454 e. The summed E-state index contributed by atoms with van der Waals surface area (Å²) in [4.78, 5) is 10.4. The van der Waals surface area contributed by atoms with E-state index in [2.05, 4.69) is 0 Å². The van der Waals surface area contributed by atoms with Gasteiger partial charge in [0.05, 0.1) is 10.0 Å². The van der Waals surface area contributed by atoms with Crippen molar-refractivity contribution in [3.63, 3.8) is 0 Å². The molecule has 0 aliphatic carbocycles. The van der Waals surface area contributed by atoms with Crippen LogP contribution in [0.15, 0.2) is 24.3 Å². The molecule has 0 unspecified atom stereocenters. The van der Waals surface area contributed by atoms with Crippen LogP contribution >= 0.6 is 23.2 Å². The molecule has 0 amide bonds. The summed E-state index contributed by atoms with van der Waals surface area (Å²) in [6.45, 7) is 2.41. The Balaban J connectivity index is 0.000000136. The van der Waals surface area contributed by atoms with Gasteiger partial charge in [-0.3, -0.25) is 4.79 Å². The lowest BCUT2D eigenvalue weighted by atomic mass is 10.2. The van der Waals surface area contributed by atoms with Gasteiger partial charge in [-0.05, 0) is 36.8 Å². The normalized spacial score (nSPS) is 13.3. The molecule has 0 N–H and O–H groups in total. The van der Waals surface area contributed by atoms with Crippen LogP contribution in [0.3, 0.4) is 0 Å². The van der Waals surface area contributed by atoms with Gasteiger partial charge in [-0.1, -0.05) is 23.2 Å². The van der Waals surface area contributed by atoms with Crippen molar-refractivity contribution in [2.75, 3.05) is 13.6 Å². The third-order valence-electron chi connectivity index (χ3n) is 3.16. The van der Waals surface area contributed by atoms with Gasteiger partial charge in [-0.2, -0.15) is 0 Å². The third-order valence-corrected chi connectivity index (χ3v) is 3.72. The number of aryl methyl sites for hydroxylation is 1. The summed E-state index contributed by atoms with van der Waals surface area (Å²) in [6.07, 6.45) is 0.716. The molecule has 23 heavy (non-hydrogen) atoms. The zero-order chi connectivity index (χ0) is 16.4. The lowest BCUT2D eigenvalue weighted by Crippen LogP contribution is -1.93. The maximum absolute atomic E-state index is 10.4. The second-order valence-electron chi connectivity index (χ2n) is 4.83. The minimum absolute atomic E-state index is 0.164. The first-order valence-corrected chi connectivity index (χ1v) is 7.44. The molecule has 0 saturated heterocycles. The van der Waals surface area contributed by atoms with Gasteiger partial charge in [0.1, 0.15) is 6.29 Å². The topological polar surface area (TPSA) is 54.0 Å². The van der Waals surface area contributed by atoms with Gasteiger partial charge in [0.2, 0.25) is 13.6 Å². The fourth-order valence-corrected chi connectivity index (χ4v) is 2.75. The number of benzene rings is 2. The van der Waals surface area contributed by atoms with Gasteiger partial charge in [-0.25, -0.2) is 0 Å². The van der Waals surface area contributed by atoms with Crippen molar-refractivity contribution in [2.24, 2.45) is 0 Å². The number of hydrogen-bond acceptors (Lipinski definition) is 5. The van der Waals surface area contributed by atoms with Gasteiger partial charge in [0, 0.05) is 5.56 Å². The summed E-state index contributed by atoms with van der Waals surface area (Å²) >= 11 is 11.7. The number of fused-ring (bicyclic) bond motifs is 2. The Kier molecular flexibility index (Phi) is 4.50. The van der Waals surface area contributed by atoms with Gasteiger partial charge in [-0.15, -0.1) is 0 Å². The molecule has 0 fully saturated rings. The first kappa shape index (κ1) is 15.8. The number of aldehydes is 1. The molecule has 7 heteroatoms. The van der Waals surface area contributed by atoms with Crippen molar-refractivity contribution in [3.8, 4) is 23.0 Å². The lowest BCUT2D eigenvalue weighted by molar-refractivity contribution is 0.112. The Bertz CT molecular complexity index is 761. The Morgan fingerprint density at radius 1 is 0.870 bits per heavy atom. The van der Waals surface area contributed by atoms with Crippen molar-refractivity contribution in [2.45, 2.75) is 6.92 Å². The number of ether oxygens (including phenoxy) is 4. The Morgan fingerprint density at radius 3 is 2.04 bits per heavy atom. The smallest absolute Gasteiger partial charge is 0.231 e. The van der Waals surface area contributed by atoms with Crippen molar-refractivity contribution in [1.82, 2.24) is 0 Å². The van der Waals surface area contributed by atoms with E-state index in [1.54, 1.807) is 12.1 Å². The van der Waals surface area contributed by atoms with Crippen LogP contribution in [0, 0.1) is 6.92 Å². The molecule has 0 bridgehead atoms. The molecule has 2 aromatic carbocycles. The van der Waals surface area contributed by atoms with E-state index in [1.807, 2.05) is 19.1 Å². The summed E-state index contributed by atoms with van der Waals surface area (Å²) in [5.41, 5.74) is 1.57. The van der Waals surface area contributed by atoms with E-state index in [4.69, 9.17) is 42.1 Å². The summed E-state index contributed by atoms with van der Waals surface area (Å²) in [5, 5.41) is 1.03. The molecule has 0 atom stereocenters. The molecule has 0 aromatic heterocycles. The van der Waals surface area contributed by atoms with Crippen LogP contribution in [-0.4, -0.2) is 19.9 Å². The van der Waals surface area contributed by atoms with Gasteiger partial charge >= 0.3 is 0 Å². The number of hydrogen-bond donors (Lipinski definition) is 0. The molecular weight excluding hydrogens is 343 g/mol. The molecule has 2 aliphatic rings. The molecule has 2 heterocycles. The van der Waals surface area contributed by atoms with Crippen LogP contribution in [0.1, 0.15) is 15.9 Å². The monoisotopic (exact) mass is 354 g/mol.